The average Bonchev–Trinajstić information content (AvgIpc) is 3.25. The zero-order chi connectivity index (χ0) is 20.5. The van der Waals surface area contributed by atoms with Gasteiger partial charge in [-0.2, -0.15) is 10.4 Å². The average molecular weight is 403 g/mol. The maximum Gasteiger partial charge on any atom is 0.153 e. The van der Waals surface area contributed by atoms with E-state index in [1.54, 1.807) is 0 Å². The van der Waals surface area contributed by atoms with Crippen molar-refractivity contribution in [3.63, 3.8) is 0 Å². The number of fused-ring (bicyclic) bond motifs is 3. The van der Waals surface area contributed by atoms with Gasteiger partial charge in [-0.1, -0.05) is 0 Å². The Hall–Kier alpha value is -3.18. The van der Waals surface area contributed by atoms with Crippen molar-refractivity contribution in [2.75, 3.05) is 29.9 Å². The highest BCUT2D eigenvalue weighted by Gasteiger charge is 2.42. The molecule has 0 radical (unpaired) electrons. The van der Waals surface area contributed by atoms with Crippen LogP contribution in [-0.2, 0) is 0 Å². The van der Waals surface area contributed by atoms with Crippen LogP contribution in [0.1, 0.15) is 25.0 Å². The van der Waals surface area contributed by atoms with Gasteiger partial charge < -0.3 is 15.5 Å². The number of aromatic amines is 1. The fourth-order valence-electron chi connectivity index (χ4n) is 5.00. The van der Waals surface area contributed by atoms with Crippen LogP contribution >= 0.6 is 0 Å². The minimum Gasteiger partial charge on any atom is -0.355 e. The van der Waals surface area contributed by atoms with Gasteiger partial charge in [-0.15, -0.1) is 0 Å². The summed E-state index contributed by atoms with van der Waals surface area (Å²) in [4.78, 5) is 12.0. The Morgan fingerprint density at radius 2 is 2.07 bits per heavy atom. The summed E-state index contributed by atoms with van der Waals surface area (Å²) < 4.78 is 0. The molecule has 2 atom stereocenters. The van der Waals surface area contributed by atoms with E-state index in [-0.39, 0.29) is 0 Å². The lowest BCUT2D eigenvalue weighted by Crippen LogP contribution is -2.51. The second kappa shape index (κ2) is 7.92. The summed E-state index contributed by atoms with van der Waals surface area (Å²) in [5.41, 5.74) is 1.93. The Morgan fingerprint density at radius 1 is 1.23 bits per heavy atom. The van der Waals surface area contributed by atoms with Crippen LogP contribution in [0.3, 0.4) is 0 Å². The van der Waals surface area contributed by atoms with Crippen LogP contribution in [-0.4, -0.2) is 45.8 Å². The number of anilines is 3. The van der Waals surface area contributed by atoms with Crippen molar-refractivity contribution in [2.24, 2.45) is 11.8 Å². The summed E-state index contributed by atoms with van der Waals surface area (Å²) in [5.74, 6) is 3.66. The molecule has 3 aromatic heterocycles. The second-order valence-corrected chi connectivity index (χ2v) is 8.35. The third-order valence-electron chi connectivity index (χ3n) is 6.29. The van der Waals surface area contributed by atoms with Gasteiger partial charge in [-0.3, -0.25) is 10.1 Å². The van der Waals surface area contributed by atoms with Crippen molar-refractivity contribution in [2.45, 2.75) is 32.2 Å². The van der Waals surface area contributed by atoms with Gasteiger partial charge in [0.2, 0.25) is 0 Å². The molecular weight excluding hydrogens is 376 g/mol. The van der Waals surface area contributed by atoms with Crippen molar-refractivity contribution in [3.05, 3.63) is 36.2 Å². The maximum atomic E-state index is 8.84. The normalized spacial score (nSPS) is 22.9. The van der Waals surface area contributed by atoms with E-state index in [1.165, 1.54) is 12.8 Å². The number of nitrogens with one attached hydrogen (secondary N) is 3. The number of H-pyrrole nitrogens is 1. The van der Waals surface area contributed by atoms with Crippen molar-refractivity contribution < 1.29 is 0 Å². The number of rotatable bonds is 6. The predicted molar refractivity (Wildman–Crippen MR) is 117 cm³/mol. The molecule has 2 unspecified atom stereocenters. The van der Waals surface area contributed by atoms with Crippen LogP contribution in [0.15, 0.2) is 30.5 Å². The minimum absolute atomic E-state index is 0.507. The molecule has 5 rings (SSSR count). The number of pyridine rings is 2. The first-order valence-electron chi connectivity index (χ1n) is 10.6. The van der Waals surface area contributed by atoms with Crippen LogP contribution in [0, 0.1) is 30.1 Å². The Bertz CT molecular complexity index is 1070. The van der Waals surface area contributed by atoms with E-state index in [9.17, 15) is 0 Å². The highest BCUT2D eigenvalue weighted by Crippen LogP contribution is 2.40. The summed E-state index contributed by atoms with van der Waals surface area (Å²) >= 11 is 0. The summed E-state index contributed by atoms with van der Waals surface area (Å²) in [6.07, 6.45) is 4.85. The lowest BCUT2D eigenvalue weighted by molar-refractivity contribution is 0.299. The molecule has 2 fully saturated rings. The molecule has 1 saturated heterocycles. The molecule has 8 nitrogen and oxygen atoms in total. The van der Waals surface area contributed by atoms with E-state index in [0.717, 1.165) is 53.7 Å². The zero-order valence-electron chi connectivity index (χ0n) is 17.1. The standard InChI is InChI=1S/C22H26N8/c1-14-10-20(29-28-14)26-19-11-18-17(4-2-8-24-18)22(27-19)30-12-15-5-6-16(13-30)21(15)25-9-3-7-23/h2,4,8,10-11,15-16,21,25H,3,5-6,9,12-13H2,1H3,(H2,26,27,28,29). The van der Waals surface area contributed by atoms with Gasteiger partial charge in [0.15, 0.2) is 5.82 Å². The lowest BCUT2D eigenvalue weighted by Gasteiger charge is -2.39. The quantitative estimate of drug-likeness (QED) is 0.544. The molecule has 154 valence electrons. The molecule has 1 saturated carbocycles. The number of hydrogen-bond acceptors (Lipinski definition) is 7. The molecule has 0 spiro atoms. The highest BCUT2D eigenvalue weighted by atomic mass is 15.3. The molecule has 30 heavy (non-hydrogen) atoms. The number of piperidine rings is 1. The van der Waals surface area contributed by atoms with Gasteiger partial charge in [0.1, 0.15) is 11.6 Å². The van der Waals surface area contributed by atoms with Crippen molar-refractivity contribution in [1.82, 2.24) is 25.5 Å². The van der Waals surface area contributed by atoms with Crippen molar-refractivity contribution in [1.29, 1.82) is 5.26 Å². The third kappa shape index (κ3) is 3.57. The molecule has 0 aromatic carbocycles. The summed E-state index contributed by atoms with van der Waals surface area (Å²) in [6.45, 7) is 4.71. The molecule has 8 heteroatoms. The van der Waals surface area contributed by atoms with Crippen LogP contribution in [0.4, 0.5) is 17.5 Å². The molecule has 3 aromatic rings. The lowest BCUT2D eigenvalue weighted by atomic mass is 9.91. The van der Waals surface area contributed by atoms with Gasteiger partial charge >= 0.3 is 0 Å². The number of aromatic nitrogens is 4. The molecule has 2 aliphatic rings. The predicted octanol–water partition coefficient (Wildman–Crippen LogP) is 3.12. The molecule has 1 aliphatic carbocycles. The molecule has 3 N–H and O–H groups in total. The molecule has 0 amide bonds. The Balaban J connectivity index is 1.43. The van der Waals surface area contributed by atoms with Gasteiger partial charge in [-0.05, 0) is 43.7 Å². The first kappa shape index (κ1) is 18.8. The number of nitriles is 1. The highest BCUT2D eigenvalue weighted by molar-refractivity contribution is 5.92. The maximum absolute atomic E-state index is 8.84. The van der Waals surface area contributed by atoms with Crippen LogP contribution in [0.2, 0.25) is 0 Å². The number of aryl methyl sites for hydroxylation is 1. The summed E-state index contributed by atoms with van der Waals surface area (Å²) in [6, 6.07) is 10.8. The van der Waals surface area contributed by atoms with Gasteiger partial charge in [0, 0.05) is 61.5 Å². The molecule has 1 aliphatic heterocycles. The van der Waals surface area contributed by atoms with Crippen LogP contribution in [0.5, 0.6) is 0 Å². The van der Waals surface area contributed by atoms with Gasteiger partial charge in [0.25, 0.3) is 0 Å². The molecule has 2 bridgehead atoms. The number of nitrogens with zero attached hydrogens (tertiary/aromatic N) is 5. The van der Waals surface area contributed by atoms with E-state index in [2.05, 4.69) is 42.9 Å². The Kier molecular flexibility index (Phi) is 4.97. The zero-order valence-corrected chi connectivity index (χ0v) is 17.1. The second-order valence-electron chi connectivity index (χ2n) is 8.35. The van der Waals surface area contributed by atoms with Crippen molar-refractivity contribution in [3.8, 4) is 6.07 Å². The fourth-order valence-corrected chi connectivity index (χ4v) is 5.00. The Morgan fingerprint density at radius 3 is 2.80 bits per heavy atom. The number of hydrogen-bond donors (Lipinski definition) is 3. The molecule has 4 heterocycles. The van der Waals surface area contributed by atoms with E-state index < -0.39 is 0 Å². The topological polar surface area (TPSA) is 106 Å². The van der Waals surface area contributed by atoms with Gasteiger partial charge in [0.05, 0.1) is 11.6 Å². The molecular formula is C22H26N8. The third-order valence-corrected chi connectivity index (χ3v) is 6.29. The summed E-state index contributed by atoms with van der Waals surface area (Å²) in [5, 5.41) is 24.1. The monoisotopic (exact) mass is 402 g/mol. The fraction of sp³-hybridized carbons (Fsp3) is 0.455. The van der Waals surface area contributed by atoms with E-state index in [4.69, 9.17) is 10.2 Å². The smallest absolute Gasteiger partial charge is 0.153 e. The first-order valence-corrected chi connectivity index (χ1v) is 10.6. The van der Waals surface area contributed by atoms with E-state index in [0.29, 0.717) is 24.3 Å². The van der Waals surface area contributed by atoms with Crippen LogP contribution < -0.4 is 15.5 Å². The largest absolute Gasteiger partial charge is 0.355 e. The van der Waals surface area contributed by atoms with Crippen LogP contribution in [0.25, 0.3) is 10.9 Å². The SMILES string of the molecule is Cc1cc(Nc2cc3ncccc3c(N3CC4CCC(C3)C4NCCC#N)n2)n[nH]1. The van der Waals surface area contributed by atoms with Crippen molar-refractivity contribution >= 4 is 28.4 Å². The van der Waals surface area contributed by atoms with E-state index >= 15 is 0 Å². The van der Waals surface area contributed by atoms with Gasteiger partial charge in [-0.25, -0.2) is 4.98 Å². The van der Waals surface area contributed by atoms with E-state index in [1.807, 2.05) is 31.3 Å². The minimum atomic E-state index is 0.507. The first-order chi connectivity index (χ1) is 14.7. The Labute approximate surface area is 175 Å². The summed E-state index contributed by atoms with van der Waals surface area (Å²) in [7, 11) is 0.